The van der Waals surface area contributed by atoms with Gasteiger partial charge in [0, 0.05) is 23.4 Å². The standard InChI is InChI=1S/C16H20N4O4/c1-9-12(14(21)19-16(2,3)4)13(18-15(22)17-9)10-6-5-7-11(8-10)20(23)24/h5-8,13H,1-4H3,(H,19,21)(H2,17,18,22). The van der Waals surface area contributed by atoms with Gasteiger partial charge < -0.3 is 16.0 Å². The molecule has 1 aromatic carbocycles. The van der Waals surface area contributed by atoms with Gasteiger partial charge in [-0.25, -0.2) is 4.79 Å². The molecule has 0 saturated heterocycles. The first-order valence-corrected chi connectivity index (χ1v) is 7.43. The lowest BCUT2D eigenvalue weighted by Crippen LogP contribution is -2.49. The molecule has 0 aliphatic carbocycles. The summed E-state index contributed by atoms with van der Waals surface area (Å²) < 4.78 is 0. The van der Waals surface area contributed by atoms with Crippen LogP contribution < -0.4 is 16.0 Å². The van der Waals surface area contributed by atoms with Crippen molar-refractivity contribution in [3.05, 3.63) is 51.2 Å². The van der Waals surface area contributed by atoms with Gasteiger partial charge >= 0.3 is 6.03 Å². The van der Waals surface area contributed by atoms with Crippen LogP contribution >= 0.6 is 0 Å². The summed E-state index contributed by atoms with van der Waals surface area (Å²) in [5, 5.41) is 19.1. The number of nitrogens with zero attached hydrogens (tertiary/aromatic N) is 1. The zero-order valence-corrected chi connectivity index (χ0v) is 14.0. The van der Waals surface area contributed by atoms with Crippen molar-refractivity contribution in [2.75, 3.05) is 0 Å². The number of nitro groups is 1. The minimum atomic E-state index is -0.763. The van der Waals surface area contributed by atoms with E-state index in [-0.39, 0.29) is 11.6 Å². The highest BCUT2D eigenvalue weighted by atomic mass is 16.6. The highest BCUT2D eigenvalue weighted by Gasteiger charge is 2.33. The SMILES string of the molecule is CC1=C(C(=O)NC(C)(C)C)C(c2cccc([N+](=O)[O-])c2)NC(=O)N1. The molecule has 128 valence electrons. The van der Waals surface area contributed by atoms with Crippen LogP contribution in [0.4, 0.5) is 10.5 Å². The predicted octanol–water partition coefficient (Wildman–Crippen LogP) is 2.14. The topological polar surface area (TPSA) is 113 Å². The van der Waals surface area contributed by atoms with E-state index in [1.165, 1.54) is 18.2 Å². The van der Waals surface area contributed by atoms with Gasteiger partial charge in [0.15, 0.2) is 0 Å². The van der Waals surface area contributed by atoms with E-state index in [9.17, 15) is 19.7 Å². The van der Waals surface area contributed by atoms with E-state index in [0.29, 0.717) is 16.8 Å². The summed E-state index contributed by atoms with van der Waals surface area (Å²) >= 11 is 0. The Kier molecular flexibility index (Phi) is 4.59. The maximum absolute atomic E-state index is 12.6. The van der Waals surface area contributed by atoms with E-state index >= 15 is 0 Å². The molecule has 3 amide bonds. The molecule has 1 aliphatic rings. The second kappa shape index (κ2) is 6.31. The van der Waals surface area contributed by atoms with Crippen LogP contribution in [0.5, 0.6) is 0 Å². The van der Waals surface area contributed by atoms with Gasteiger partial charge in [0.25, 0.3) is 11.6 Å². The van der Waals surface area contributed by atoms with E-state index in [0.717, 1.165) is 0 Å². The van der Waals surface area contributed by atoms with E-state index in [1.807, 2.05) is 20.8 Å². The van der Waals surface area contributed by atoms with Gasteiger partial charge in [-0.1, -0.05) is 12.1 Å². The van der Waals surface area contributed by atoms with Crippen LogP contribution in [0.25, 0.3) is 0 Å². The fourth-order valence-electron chi connectivity index (χ4n) is 2.47. The quantitative estimate of drug-likeness (QED) is 0.581. The van der Waals surface area contributed by atoms with Gasteiger partial charge in [0.05, 0.1) is 16.5 Å². The highest BCUT2D eigenvalue weighted by molar-refractivity contribution is 5.98. The largest absolute Gasteiger partial charge is 0.348 e. The van der Waals surface area contributed by atoms with Crippen molar-refractivity contribution in [2.24, 2.45) is 0 Å². The predicted molar refractivity (Wildman–Crippen MR) is 88.1 cm³/mol. The maximum Gasteiger partial charge on any atom is 0.319 e. The van der Waals surface area contributed by atoms with Crippen LogP contribution in [0.2, 0.25) is 0 Å². The molecule has 1 heterocycles. The molecule has 1 aromatic rings. The van der Waals surface area contributed by atoms with E-state index in [1.54, 1.807) is 13.0 Å². The molecule has 0 saturated carbocycles. The Morgan fingerprint density at radius 1 is 1.33 bits per heavy atom. The van der Waals surface area contributed by atoms with Gasteiger partial charge in [-0.3, -0.25) is 14.9 Å². The molecule has 8 nitrogen and oxygen atoms in total. The van der Waals surface area contributed by atoms with Crippen molar-refractivity contribution in [1.29, 1.82) is 0 Å². The summed E-state index contributed by atoms with van der Waals surface area (Å²) in [6.07, 6.45) is 0. The normalized spacial score (nSPS) is 17.8. The summed E-state index contributed by atoms with van der Waals surface area (Å²) in [5.41, 5.74) is 0.645. The van der Waals surface area contributed by atoms with Crippen LogP contribution in [0.3, 0.4) is 0 Å². The summed E-state index contributed by atoms with van der Waals surface area (Å²) in [7, 11) is 0. The van der Waals surface area contributed by atoms with Crippen LogP contribution in [0.15, 0.2) is 35.5 Å². The number of hydrogen-bond acceptors (Lipinski definition) is 4. The number of carbonyl (C=O) groups is 2. The second-order valence-corrected chi connectivity index (χ2v) is 6.63. The molecule has 0 aromatic heterocycles. The number of amides is 3. The molecule has 2 rings (SSSR count). The number of urea groups is 1. The Morgan fingerprint density at radius 3 is 2.58 bits per heavy atom. The smallest absolute Gasteiger partial charge is 0.319 e. The first-order valence-electron chi connectivity index (χ1n) is 7.43. The summed E-state index contributed by atoms with van der Waals surface area (Å²) in [6.45, 7) is 7.16. The molecule has 0 fully saturated rings. The Labute approximate surface area is 139 Å². The minimum Gasteiger partial charge on any atom is -0.348 e. The van der Waals surface area contributed by atoms with Crippen LogP contribution in [0, 0.1) is 10.1 Å². The van der Waals surface area contributed by atoms with Crippen molar-refractivity contribution in [1.82, 2.24) is 16.0 Å². The van der Waals surface area contributed by atoms with E-state index in [4.69, 9.17) is 0 Å². The summed E-state index contributed by atoms with van der Waals surface area (Å²) in [4.78, 5) is 34.9. The molecule has 1 unspecified atom stereocenters. The first-order chi connectivity index (χ1) is 11.1. The lowest BCUT2D eigenvalue weighted by atomic mass is 9.93. The molecule has 3 N–H and O–H groups in total. The average Bonchev–Trinajstić information content (AvgIpc) is 2.44. The lowest BCUT2D eigenvalue weighted by molar-refractivity contribution is -0.384. The van der Waals surface area contributed by atoms with Crippen molar-refractivity contribution < 1.29 is 14.5 Å². The Hall–Kier alpha value is -2.90. The summed E-state index contributed by atoms with van der Waals surface area (Å²) in [6, 6.07) is 4.65. The molecule has 1 atom stereocenters. The van der Waals surface area contributed by atoms with E-state index < -0.39 is 22.5 Å². The second-order valence-electron chi connectivity index (χ2n) is 6.63. The van der Waals surface area contributed by atoms with Gasteiger partial charge in [-0.2, -0.15) is 0 Å². The zero-order valence-electron chi connectivity index (χ0n) is 14.0. The van der Waals surface area contributed by atoms with Crippen molar-refractivity contribution in [2.45, 2.75) is 39.3 Å². The van der Waals surface area contributed by atoms with Crippen molar-refractivity contribution >= 4 is 17.6 Å². The van der Waals surface area contributed by atoms with Crippen LogP contribution in [0.1, 0.15) is 39.3 Å². The van der Waals surface area contributed by atoms with Crippen LogP contribution in [-0.2, 0) is 4.79 Å². The number of carbonyl (C=O) groups excluding carboxylic acids is 2. The fraction of sp³-hybridized carbons (Fsp3) is 0.375. The molecular formula is C16H20N4O4. The third-order valence-electron chi connectivity index (χ3n) is 3.42. The summed E-state index contributed by atoms with van der Waals surface area (Å²) in [5.74, 6) is -0.344. The molecular weight excluding hydrogens is 312 g/mol. The Balaban J connectivity index is 2.47. The highest BCUT2D eigenvalue weighted by Crippen LogP contribution is 2.29. The average molecular weight is 332 g/mol. The van der Waals surface area contributed by atoms with Crippen molar-refractivity contribution in [3.63, 3.8) is 0 Å². The lowest BCUT2D eigenvalue weighted by Gasteiger charge is -2.30. The molecule has 24 heavy (non-hydrogen) atoms. The molecule has 0 bridgehead atoms. The third kappa shape index (κ3) is 3.89. The number of nitro benzene ring substituents is 1. The van der Waals surface area contributed by atoms with Gasteiger partial charge in [0.1, 0.15) is 0 Å². The molecule has 8 heteroatoms. The first kappa shape index (κ1) is 17.5. The maximum atomic E-state index is 12.6. The van der Waals surface area contributed by atoms with Gasteiger partial charge in [-0.05, 0) is 33.3 Å². The number of allylic oxidation sites excluding steroid dienone is 1. The minimum absolute atomic E-state index is 0.103. The number of nitrogens with one attached hydrogen (secondary N) is 3. The molecule has 0 spiro atoms. The Bertz CT molecular complexity index is 734. The molecule has 0 radical (unpaired) electrons. The number of rotatable bonds is 3. The fourth-order valence-corrected chi connectivity index (χ4v) is 2.47. The monoisotopic (exact) mass is 332 g/mol. The van der Waals surface area contributed by atoms with Gasteiger partial charge in [0.2, 0.25) is 0 Å². The van der Waals surface area contributed by atoms with E-state index in [2.05, 4.69) is 16.0 Å². The van der Waals surface area contributed by atoms with Gasteiger partial charge in [-0.15, -0.1) is 0 Å². The Morgan fingerprint density at radius 2 is 2.00 bits per heavy atom. The van der Waals surface area contributed by atoms with Crippen molar-refractivity contribution in [3.8, 4) is 0 Å². The number of benzene rings is 1. The zero-order chi connectivity index (χ0) is 18.1. The number of hydrogen-bond donors (Lipinski definition) is 3. The number of non-ortho nitro benzene ring substituents is 1. The third-order valence-corrected chi connectivity index (χ3v) is 3.42. The van der Waals surface area contributed by atoms with Crippen LogP contribution in [-0.4, -0.2) is 22.4 Å². The molecule has 1 aliphatic heterocycles.